The van der Waals surface area contributed by atoms with Crippen LogP contribution in [-0.4, -0.2) is 22.9 Å². The van der Waals surface area contributed by atoms with Crippen molar-refractivity contribution in [3.8, 4) is 23.0 Å². The summed E-state index contributed by atoms with van der Waals surface area (Å²) in [7, 11) is 0. The maximum Gasteiger partial charge on any atom is 0.227 e. The Hall–Kier alpha value is -3.60. The molecule has 0 saturated heterocycles. The lowest BCUT2D eigenvalue weighted by Gasteiger charge is -2.07. The SMILES string of the molecule is CCOc1cccc(C=Nc2ccc3oc(-c4ccc(C)c(C)c4)nc3c2)c1O. The molecule has 1 heterocycles. The van der Waals surface area contributed by atoms with E-state index in [-0.39, 0.29) is 5.75 Å². The van der Waals surface area contributed by atoms with Crippen LogP contribution in [0, 0.1) is 13.8 Å². The summed E-state index contributed by atoms with van der Waals surface area (Å²) in [6, 6.07) is 17.1. The van der Waals surface area contributed by atoms with Crippen molar-refractivity contribution in [2.24, 2.45) is 4.99 Å². The zero-order chi connectivity index (χ0) is 20.4. The molecule has 0 atom stereocenters. The van der Waals surface area contributed by atoms with Gasteiger partial charge in [-0.05, 0) is 74.4 Å². The fourth-order valence-electron chi connectivity index (χ4n) is 3.05. The molecule has 0 bridgehead atoms. The van der Waals surface area contributed by atoms with E-state index in [2.05, 4.69) is 36.0 Å². The number of rotatable bonds is 5. The normalized spacial score (nSPS) is 11.4. The first-order chi connectivity index (χ1) is 14.0. The predicted octanol–water partition coefficient (Wildman–Crippen LogP) is 5.97. The molecule has 0 radical (unpaired) electrons. The first-order valence-electron chi connectivity index (χ1n) is 9.52. The maximum atomic E-state index is 10.3. The minimum absolute atomic E-state index is 0.0811. The second kappa shape index (κ2) is 7.80. The molecule has 1 N–H and O–H groups in total. The zero-order valence-electron chi connectivity index (χ0n) is 16.6. The molecule has 5 nitrogen and oxygen atoms in total. The van der Waals surface area contributed by atoms with Gasteiger partial charge in [0, 0.05) is 17.3 Å². The van der Waals surface area contributed by atoms with E-state index >= 15 is 0 Å². The highest BCUT2D eigenvalue weighted by atomic mass is 16.5. The number of phenols is 1. The number of aromatic nitrogens is 1. The summed E-state index contributed by atoms with van der Waals surface area (Å²) in [5, 5.41) is 10.3. The summed E-state index contributed by atoms with van der Waals surface area (Å²) in [4.78, 5) is 9.09. The van der Waals surface area contributed by atoms with Crippen LogP contribution in [0.25, 0.3) is 22.6 Å². The van der Waals surface area contributed by atoms with Crippen molar-refractivity contribution in [1.82, 2.24) is 4.98 Å². The van der Waals surface area contributed by atoms with E-state index in [9.17, 15) is 5.11 Å². The van der Waals surface area contributed by atoms with Gasteiger partial charge in [0.05, 0.1) is 12.3 Å². The average molecular weight is 386 g/mol. The van der Waals surface area contributed by atoms with Gasteiger partial charge in [-0.3, -0.25) is 4.99 Å². The Labute approximate surface area is 169 Å². The first-order valence-corrected chi connectivity index (χ1v) is 9.52. The molecule has 29 heavy (non-hydrogen) atoms. The second-order valence-corrected chi connectivity index (χ2v) is 6.86. The molecule has 5 heteroatoms. The number of aromatic hydroxyl groups is 1. The van der Waals surface area contributed by atoms with Crippen molar-refractivity contribution in [3.05, 3.63) is 71.3 Å². The van der Waals surface area contributed by atoms with Gasteiger partial charge < -0.3 is 14.3 Å². The Morgan fingerprint density at radius 2 is 1.93 bits per heavy atom. The lowest BCUT2D eigenvalue weighted by molar-refractivity contribution is 0.318. The monoisotopic (exact) mass is 386 g/mol. The number of hydrogen-bond acceptors (Lipinski definition) is 5. The molecule has 3 aromatic carbocycles. The van der Waals surface area contributed by atoms with Crippen molar-refractivity contribution in [1.29, 1.82) is 0 Å². The maximum absolute atomic E-state index is 10.3. The molecule has 0 saturated carbocycles. The topological polar surface area (TPSA) is 67.9 Å². The number of aliphatic imine (C=N–C) groups is 1. The van der Waals surface area contributed by atoms with E-state index in [0.717, 1.165) is 16.8 Å². The van der Waals surface area contributed by atoms with Gasteiger partial charge in [-0.1, -0.05) is 12.1 Å². The average Bonchev–Trinajstić information content (AvgIpc) is 3.14. The fraction of sp³-hybridized carbons (Fsp3) is 0.167. The van der Waals surface area contributed by atoms with Crippen LogP contribution in [0.15, 0.2) is 64.0 Å². The molecular formula is C24H22N2O3. The summed E-state index contributed by atoms with van der Waals surface area (Å²) >= 11 is 0. The molecular weight excluding hydrogens is 364 g/mol. The highest BCUT2D eigenvalue weighted by Crippen LogP contribution is 2.30. The Kier molecular flexibility index (Phi) is 5.04. The van der Waals surface area contributed by atoms with E-state index in [1.54, 1.807) is 18.3 Å². The molecule has 146 valence electrons. The lowest BCUT2D eigenvalue weighted by atomic mass is 10.1. The molecule has 0 fully saturated rings. The molecule has 0 aliphatic rings. The van der Waals surface area contributed by atoms with Crippen molar-refractivity contribution in [2.45, 2.75) is 20.8 Å². The lowest BCUT2D eigenvalue weighted by Crippen LogP contribution is -1.93. The van der Waals surface area contributed by atoms with E-state index < -0.39 is 0 Å². The number of hydrogen-bond donors (Lipinski definition) is 1. The molecule has 0 amide bonds. The van der Waals surface area contributed by atoms with Gasteiger partial charge in [-0.15, -0.1) is 0 Å². The Morgan fingerprint density at radius 1 is 1.07 bits per heavy atom. The molecule has 0 spiro atoms. The third-order valence-corrected chi connectivity index (χ3v) is 4.81. The summed E-state index contributed by atoms with van der Waals surface area (Å²) in [6.45, 7) is 6.51. The van der Waals surface area contributed by atoms with E-state index in [1.165, 1.54) is 11.1 Å². The first kappa shape index (κ1) is 18.7. The third kappa shape index (κ3) is 3.85. The van der Waals surface area contributed by atoms with Crippen LogP contribution in [-0.2, 0) is 0 Å². The highest BCUT2D eigenvalue weighted by Gasteiger charge is 2.10. The molecule has 0 aliphatic carbocycles. The Balaban J connectivity index is 1.63. The number of para-hydroxylation sites is 1. The van der Waals surface area contributed by atoms with Gasteiger partial charge in [0.2, 0.25) is 5.89 Å². The highest BCUT2D eigenvalue weighted by molar-refractivity contribution is 5.88. The van der Waals surface area contributed by atoms with Crippen molar-refractivity contribution >= 4 is 23.0 Å². The van der Waals surface area contributed by atoms with Gasteiger partial charge in [0.1, 0.15) is 5.52 Å². The van der Waals surface area contributed by atoms with Gasteiger partial charge >= 0.3 is 0 Å². The largest absolute Gasteiger partial charge is 0.504 e. The summed E-state index contributed by atoms with van der Waals surface area (Å²) in [5.41, 5.74) is 6.14. The van der Waals surface area contributed by atoms with E-state index in [1.807, 2.05) is 37.3 Å². The fourth-order valence-corrected chi connectivity index (χ4v) is 3.05. The van der Waals surface area contributed by atoms with Crippen LogP contribution >= 0.6 is 0 Å². The van der Waals surface area contributed by atoms with Crippen LogP contribution in [0.2, 0.25) is 0 Å². The number of fused-ring (bicyclic) bond motifs is 1. The number of oxazole rings is 1. The van der Waals surface area contributed by atoms with Crippen LogP contribution in [0.3, 0.4) is 0 Å². The Morgan fingerprint density at radius 3 is 2.72 bits per heavy atom. The number of phenolic OH excluding ortho intramolecular Hbond substituents is 1. The molecule has 4 aromatic rings. The van der Waals surface area contributed by atoms with Crippen LogP contribution in [0.1, 0.15) is 23.6 Å². The minimum Gasteiger partial charge on any atom is -0.504 e. The molecule has 1 aromatic heterocycles. The summed E-state index contributed by atoms with van der Waals surface area (Å²) in [5.74, 6) is 1.12. The quantitative estimate of drug-likeness (QED) is 0.429. The molecule has 0 unspecified atom stereocenters. The van der Waals surface area contributed by atoms with Crippen molar-refractivity contribution in [3.63, 3.8) is 0 Å². The number of ether oxygens (including phenoxy) is 1. The van der Waals surface area contributed by atoms with Gasteiger partial charge in [-0.2, -0.15) is 0 Å². The third-order valence-electron chi connectivity index (χ3n) is 4.81. The van der Waals surface area contributed by atoms with Crippen molar-refractivity contribution in [2.75, 3.05) is 6.61 Å². The molecule has 0 aliphatic heterocycles. The van der Waals surface area contributed by atoms with Gasteiger partial charge in [-0.25, -0.2) is 4.98 Å². The second-order valence-electron chi connectivity index (χ2n) is 6.86. The standard InChI is InChI=1S/C24H22N2O3/c1-4-28-22-7-5-6-18(23(22)27)14-25-19-10-11-21-20(13-19)26-24(29-21)17-9-8-15(2)16(3)12-17/h5-14,27H,4H2,1-3H3. The summed E-state index contributed by atoms with van der Waals surface area (Å²) in [6.07, 6.45) is 1.61. The van der Waals surface area contributed by atoms with Crippen molar-refractivity contribution < 1.29 is 14.3 Å². The van der Waals surface area contributed by atoms with E-state index in [0.29, 0.717) is 29.4 Å². The summed E-state index contributed by atoms with van der Waals surface area (Å²) < 4.78 is 11.3. The van der Waals surface area contributed by atoms with E-state index in [4.69, 9.17) is 9.15 Å². The number of aryl methyl sites for hydroxylation is 2. The minimum atomic E-state index is 0.0811. The predicted molar refractivity (Wildman–Crippen MR) is 115 cm³/mol. The number of nitrogens with zero attached hydrogens (tertiary/aromatic N) is 2. The zero-order valence-corrected chi connectivity index (χ0v) is 16.6. The smallest absolute Gasteiger partial charge is 0.227 e. The molecule has 4 rings (SSSR count). The van der Waals surface area contributed by atoms with Crippen LogP contribution in [0.4, 0.5) is 5.69 Å². The number of benzene rings is 3. The Bertz CT molecular complexity index is 1210. The van der Waals surface area contributed by atoms with Crippen LogP contribution in [0.5, 0.6) is 11.5 Å². The van der Waals surface area contributed by atoms with Crippen LogP contribution < -0.4 is 4.74 Å². The van der Waals surface area contributed by atoms with Gasteiger partial charge in [0.25, 0.3) is 0 Å². The van der Waals surface area contributed by atoms with Gasteiger partial charge in [0.15, 0.2) is 17.1 Å².